The Labute approximate surface area is 117 Å². The summed E-state index contributed by atoms with van der Waals surface area (Å²) in [5.41, 5.74) is 1.98. The van der Waals surface area contributed by atoms with Crippen molar-refractivity contribution in [3.63, 3.8) is 0 Å². The fourth-order valence-electron chi connectivity index (χ4n) is 2.52. The quantitative estimate of drug-likeness (QED) is 0.654. The summed E-state index contributed by atoms with van der Waals surface area (Å²) in [4.78, 5) is 22.7. The Balaban J connectivity index is 2.19. The molecule has 0 bridgehead atoms. The Morgan fingerprint density at radius 3 is 2.60 bits per heavy atom. The molecule has 2 atom stereocenters. The van der Waals surface area contributed by atoms with Crippen molar-refractivity contribution in [3.8, 4) is 0 Å². The first kappa shape index (κ1) is 14.5. The van der Waals surface area contributed by atoms with Crippen molar-refractivity contribution >= 4 is 17.3 Å². The van der Waals surface area contributed by atoms with Gasteiger partial charge in [-0.05, 0) is 37.9 Å². The lowest BCUT2D eigenvalue weighted by molar-refractivity contribution is -0.385. The molecule has 1 aliphatic heterocycles. The topological polar surface area (TPSA) is 84.3 Å². The minimum atomic E-state index is -0.406. The number of nitrogens with zero attached hydrogens (tertiary/aromatic N) is 1. The minimum absolute atomic E-state index is 0.0288. The number of anilines is 1. The second kappa shape index (κ2) is 5.58. The van der Waals surface area contributed by atoms with Gasteiger partial charge in [0.25, 0.3) is 5.69 Å². The van der Waals surface area contributed by atoms with E-state index in [0.717, 1.165) is 6.54 Å². The standard InChI is InChI=1S/C14H19N3O3/c1-8-5-13(17(19)20)9(2)4-12(8)16-14(18)11-7-15-6-10(11)3/h4-5,10-11,15H,6-7H2,1-3H3,(H,16,18)/t10-,11-/m1/s1. The van der Waals surface area contributed by atoms with Crippen LogP contribution in [-0.2, 0) is 4.79 Å². The number of benzene rings is 1. The molecule has 0 unspecified atom stereocenters. The van der Waals surface area contributed by atoms with Gasteiger partial charge in [0.1, 0.15) is 0 Å². The van der Waals surface area contributed by atoms with Crippen molar-refractivity contribution < 1.29 is 9.72 Å². The van der Waals surface area contributed by atoms with Crippen LogP contribution in [-0.4, -0.2) is 23.9 Å². The summed E-state index contributed by atoms with van der Waals surface area (Å²) in [5.74, 6) is 0.221. The van der Waals surface area contributed by atoms with Gasteiger partial charge >= 0.3 is 0 Å². The normalized spacial score (nSPS) is 21.8. The molecular formula is C14H19N3O3. The summed E-state index contributed by atoms with van der Waals surface area (Å²) >= 11 is 0. The fraction of sp³-hybridized carbons (Fsp3) is 0.500. The Bertz CT molecular complexity index is 557. The van der Waals surface area contributed by atoms with Gasteiger partial charge in [-0.15, -0.1) is 0 Å². The zero-order valence-electron chi connectivity index (χ0n) is 11.9. The Hall–Kier alpha value is -1.95. The molecule has 6 heteroatoms. The molecule has 1 aromatic carbocycles. The highest BCUT2D eigenvalue weighted by Crippen LogP contribution is 2.27. The van der Waals surface area contributed by atoms with Crippen molar-refractivity contribution in [2.75, 3.05) is 18.4 Å². The minimum Gasteiger partial charge on any atom is -0.326 e. The molecule has 1 fully saturated rings. The van der Waals surface area contributed by atoms with Crippen LogP contribution >= 0.6 is 0 Å². The van der Waals surface area contributed by atoms with E-state index >= 15 is 0 Å². The van der Waals surface area contributed by atoms with Gasteiger partial charge in [-0.2, -0.15) is 0 Å². The van der Waals surface area contributed by atoms with E-state index in [9.17, 15) is 14.9 Å². The van der Waals surface area contributed by atoms with Crippen molar-refractivity contribution in [1.29, 1.82) is 0 Å². The number of aryl methyl sites for hydroxylation is 2. The van der Waals surface area contributed by atoms with Crippen molar-refractivity contribution in [2.45, 2.75) is 20.8 Å². The molecule has 0 aliphatic carbocycles. The lowest BCUT2D eigenvalue weighted by Gasteiger charge is -2.16. The van der Waals surface area contributed by atoms with Gasteiger partial charge in [-0.1, -0.05) is 6.92 Å². The van der Waals surface area contributed by atoms with Crippen LogP contribution in [0.5, 0.6) is 0 Å². The molecule has 0 radical (unpaired) electrons. The van der Waals surface area contributed by atoms with Gasteiger partial charge in [0.05, 0.1) is 10.8 Å². The molecule has 0 aromatic heterocycles. The molecule has 1 saturated heterocycles. The monoisotopic (exact) mass is 277 g/mol. The molecule has 2 N–H and O–H groups in total. The first-order chi connectivity index (χ1) is 9.40. The molecular weight excluding hydrogens is 258 g/mol. The number of rotatable bonds is 3. The van der Waals surface area contributed by atoms with Crippen LogP contribution in [0, 0.1) is 35.8 Å². The summed E-state index contributed by atoms with van der Waals surface area (Å²) in [7, 11) is 0. The van der Waals surface area contributed by atoms with Crippen LogP contribution in [0.25, 0.3) is 0 Å². The summed E-state index contributed by atoms with van der Waals surface area (Å²) < 4.78 is 0. The Morgan fingerprint density at radius 1 is 1.35 bits per heavy atom. The lowest BCUT2D eigenvalue weighted by atomic mass is 9.97. The van der Waals surface area contributed by atoms with E-state index in [0.29, 0.717) is 29.3 Å². The highest BCUT2D eigenvalue weighted by Gasteiger charge is 2.30. The van der Waals surface area contributed by atoms with Gasteiger partial charge < -0.3 is 10.6 Å². The second-order valence-corrected chi connectivity index (χ2v) is 5.44. The maximum absolute atomic E-state index is 12.2. The molecule has 0 saturated carbocycles. The molecule has 2 rings (SSSR count). The molecule has 1 aromatic rings. The maximum Gasteiger partial charge on any atom is 0.272 e. The molecule has 1 aliphatic rings. The van der Waals surface area contributed by atoms with Crippen molar-refractivity contribution in [1.82, 2.24) is 5.32 Å². The molecule has 1 amide bonds. The summed E-state index contributed by atoms with van der Waals surface area (Å²) in [6.07, 6.45) is 0. The summed E-state index contributed by atoms with van der Waals surface area (Å²) in [6.45, 7) is 7.00. The first-order valence-electron chi connectivity index (χ1n) is 6.67. The number of nitrogens with one attached hydrogen (secondary N) is 2. The van der Waals surface area contributed by atoms with E-state index in [1.165, 1.54) is 6.07 Å². The highest BCUT2D eigenvalue weighted by atomic mass is 16.6. The number of hydrogen-bond acceptors (Lipinski definition) is 4. The van der Waals surface area contributed by atoms with Crippen LogP contribution in [0.1, 0.15) is 18.1 Å². The smallest absolute Gasteiger partial charge is 0.272 e. The zero-order chi connectivity index (χ0) is 14.9. The maximum atomic E-state index is 12.2. The number of carbonyl (C=O) groups excluding carboxylic acids is 1. The van der Waals surface area contributed by atoms with Gasteiger partial charge in [0.15, 0.2) is 0 Å². The predicted octanol–water partition coefficient (Wildman–Crippen LogP) is 2.01. The van der Waals surface area contributed by atoms with Gasteiger partial charge in [-0.25, -0.2) is 0 Å². The van der Waals surface area contributed by atoms with E-state index < -0.39 is 4.92 Å². The average Bonchev–Trinajstić information content (AvgIpc) is 2.79. The van der Waals surface area contributed by atoms with Crippen LogP contribution < -0.4 is 10.6 Å². The zero-order valence-corrected chi connectivity index (χ0v) is 11.9. The number of carbonyl (C=O) groups is 1. The Kier molecular flexibility index (Phi) is 4.04. The highest BCUT2D eigenvalue weighted by molar-refractivity contribution is 5.94. The molecule has 0 spiro atoms. The SMILES string of the molecule is Cc1cc([N+](=O)[O-])c(C)cc1NC(=O)[C@@H]1CNC[C@H]1C. The second-order valence-electron chi connectivity index (χ2n) is 5.44. The van der Waals surface area contributed by atoms with Crippen molar-refractivity contribution in [2.24, 2.45) is 11.8 Å². The van der Waals surface area contributed by atoms with Gasteiger partial charge in [0, 0.05) is 23.9 Å². The third-order valence-electron chi connectivity index (χ3n) is 3.85. The molecule has 1 heterocycles. The van der Waals surface area contributed by atoms with Gasteiger partial charge in [0.2, 0.25) is 5.91 Å². The third-order valence-corrected chi connectivity index (χ3v) is 3.85. The predicted molar refractivity (Wildman–Crippen MR) is 76.7 cm³/mol. The molecule has 20 heavy (non-hydrogen) atoms. The van der Waals surface area contributed by atoms with E-state index in [-0.39, 0.29) is 17.5 Å². The van der Waals surface area contributed by atoms with Crippen LogP contribution in [0.2, 0.25) is 0 Å². The van der Waals surface area contributed by atoms with Crippen LogP contribution in [0.15, 0.2) is 12.1 Å². The number of nitro groups is 1. The van der Waals surface area contributed by atoms with E-state index in [1.54, 1.807) is 19.9 Å². The molecule has 108 valence electrons. The van der Waals surface area contributed by atoms with E-state index in [1.807, 2.05) is 6.92 Å². The van der Waals surface area contributed by atoms with Crippen LogP contribution in [0.4, 0.5) is 11.4 Å². The van der Waals surface area contributed by atoms with Crippen molar-refractivity contribution in [3.05, 3.63) is 33.4 Å². The number of nitro benzene ring substituents is 1. The average molecular weight is 277 g/mol. The lowest BCUT2D eigenvalue weighted by Crippen LogP contribution is -2.28. The first-order valence-corrected chi connectivity index (χ1v) is 6.67. The fourth-order valence-corrected chi connectivity index (χ4v) is 2.52. The number of hydrogen-bond donors (Lipinski definition) is 2. The molecule has 6 nitrogen and oxygen atoms in total. The summed E-state index contributed by atoms with van der Waals surface area (Å²) in [5, 5.41) is 16.9. The summed E-state index contributed by atoms with van der Waals surface area (Å²) in [6, 6.07) is 3.17. The Morgan fingerprint density at radius 2 is 2.05 bits per heavy atom. The third kappa shape index (κ3) is 2.80. The van der Waals surface area contributed by atoms with E-state index in [4.69, 9.17) is 0 Å². The van der Waals surface area contributed by atoms with E-state index in [2.05, 4.69) is 10.6 Å². The van der Waals surface area contributed by atoms with Gasteiger partial charge in [-0.3, -0.25) is 14.9 Å². The number of amides is 1. The van der Waals surface area contributed by atoms with Crippen LogP contribution in [0.3, 0.4) is 0 Å². The largest absolute Gasteiger partial charge is 0.326 e.